The van der Waals surface area contributed by atoms with Crippen LogP contribution in [0.15, 0.2) is 53.5 Å². The maximum atomic E-state index is 12.7. The maximum Gasteiger partial charge on any atom is 0.270 e. The molecular formula is C19H19N3O5S. The third kappa shape index (κ3) is 4.09. The van der Waals surface area contributed by atoms with Crippen LogP contribution in [0.5, 0.6) is 0 Å². The summed E-state index contributed by atoms with van der Waals surface area (Å²) in [6, 6.07) is 13.2. The van der Waals surface area contributed by atoms with Gasteiger partial charge in [0.15, 0.2) is 9.84 Å². The van der Waals surface area contributed by atoms with Gasteiger partial charge in [0.2, 0.25) is 5.91 Å². The molecule has 1 heterocycles. The smallest absolute Gasteiger partial charge is 0.270 e. The van der Waals surface area contributed by atoms with Gasteiger partial charge in [-0.1, -0.05) is 37.3 Å². The first kappa shape index (κ1) is 19.7. The van der Waals surface area contributed by atoms with Crippen LogP contribution in [-0.2, 0) is 14.6 Å². The first-order valence-corrected chi connectivity index (χ1v) is 10.5. The lowest BCUT2D eigenvalue weighted by Crippen LogP contribution is -2.36. The van der Waals surface area contributed by atoms with Gasteiger partial charge in [-0.05, 0) is 6.07 Å². The lowest BCUT2D eigenvalue weighted by Gasteiger charge is -2.23. The van der Waals surface area contributed by atoms with E-state index >= 15 is 0 Å². The number of hydrogen-bond donors (Lipinski definition) is 0. The van der Waals surface area contributed by atoms with Crippen molar-refractivity contribution >= 4 is 32.8 Å². The number of rotatable bonds is 6. The van der Waals surface area contributed by atoms with Crippen LogP contribution in [0.3, 0.4) is 0 Å². The highest BCUT2D eigenvalue weighted by molar-refractivity contribution is 7.91. The van der Waals surface area contributed by atoms with Gasteiger partial charge in [0.25, 0.3) is 5.69 Å². The van der Waals surface area contributed by atoms with Gasteiger partial charge in [-0.15, -0.1) is 0 Å². The molecule has 1 aliphatic heterocycles. The fourth-order valence-corrected chi connectivity index (χ4v) is 3.73. The quantitative estimate of drug-likeness (QED) is 0.544. The van der Waals surface area contributed by atoms with Gasteiger partial charge in [-0.25, -0.2) is 8.42 Å². The minimum Gasteiger partial charge on any atom is -0.309 e. The molecule has 8 nitrogen and oxygen atoms in total. The van der Waals surface area contributed by atoms with Gasteiger partial charge in [0.05, 0.1) is 22.1 Å². The molecule has 0 unspecified atom stereocenters. The number of nitro benzene ring substituents is 1. The zero-order chi connectivity index (χ0) is 20.3. The molecule has 1 aliphatic rings. The number of carbonyl (C=O) groups excluding carboxylic acids is 1. The maximum absolute atomic E-state index is 12.7. The lowest BCUT2D eigenvalue weighted by atomic mass is 9.99. The monoisotopic (exact) mass is 401 g/mol. The standard InChI is InChI=1S/C19H19N3O5S/c1-2-28(26,27)11-10-21-17-9-8-15(22(24)25)12-16(17)19(20-13-18(21)23)14-6-4-3-5-7-14/h3-9,12H,2,10-11,13H2,1H3. The van der Waals surface area contributed by atoms with E-state index in [1.165, 1.54) is 23.1 Å². The van der Waals surface area contributed by atoms with Crippen molar-refractivity contribution in [1.29, 1.82) is 0 Å². The lowest BCUT2D eigenvalue weighted by molar-refractivity contribution is -0.384. The van der Waals surface area contributed by atoms with Gasteiger partial charge in [-0.3, -0.25) is 19.9 Å². The van der Waals surface area contributed by atoms with E-state index in [1.807, 2.05) is 30.3 Å². The molecule has 0 atom stereocenters. The first-order valence-electron chi connectivity index (χ1n) is 8.72. The van der Waals surface area contributed by atoms with Crippen molar-refractivity contribution in [2.24, 2.45) is 4.99 Å². The fraction of sp³-hybridized carbons (Fsp3) is 0.263. The summed E-state index contributed by atoms with van der Waals surface area (Å²) in [5.74, 6) is -0.562. The Morgan fingerprint density at radius 1 is 1.18 bits per heavy atom. The van der Waals surface area contributed by atoms with E-state index in [2.05, 4.69) is 4.99 Å². The molecule has 0 spiro atoms. The SMILES string of the molecule is CCS(=O)(=O)CCN1C(=O)CN=C(c2ccccc2)c2cc([N+](=O)[O-])ccc21. The highest BCUT2D eigenvalue weighted by Gasteiger charge is 2.27. The Balaban J connectivity index is 2.12. The number of nitro groups is 1. The number of fused-ring (bicyclic) bond motifs is 1. The van der Waals surface area contributed by atoms with Gasteiger partial charge < -0.3 is 4.90 Å². The second kappa shape index (κ2) is 7.89. The molecule has 0 fully saturated rings. The van der Waals surface area contributed by atoms with Crippen LogP contribution in [0.4, 0.5) is 11.4 Å². The number of sulfone groups is 1. The Kier molecular flexibility index (Phi) is 5.55. The summed E-state index contributed by atoms with van der Waals surface area (Å²) in [5, 5.41) is 11.3. The van der Waals surface area contributed by atoms with Crippen LogP contribution >= 0.6 is 0 Å². The van der Waals surface area contributed by atoms with E-state index in [1.54, 1.807) is 6.92 Å². The van der Waals surface area contributed by atoms with Crippen LogP contribution in [0.2, 0.25) is 0 Å². The van der Waals surface area contributed by atoms with E-state index in [9.17, 15) is 23.3 Å². The average Bonchev–Trinajstić information content (AvgIpc) is 2.82. The second-order valence-corrected chi connectivity index (χ2v) is 8.74. The molecular weight excluding hydrogens is 382 g/mol. The summed E-state index contributed by atoms with van der Waals surface area (Å²) >= 11 is 0. The molecule has 2 aromatic rings. The van der Waals surface area contributed by atoms with Crippen molar-refractivity contribution in [3.8, 4) is 0 Å². The summed E-state index contributed by atoms with van der Waals surface area (Å²) < 4.78 is 23.8. The summed E-state index contributed by atoms with van der Waals surface area (Å²) in [7, 11) is -3.28. The van der Waals surface area contributed by atoms with Gasteiger partial charge in [-0.2, -0.15) is 0 Å². The Bertz CT molecular complexity index is 1050. The van der Waals surface area contributed by atoms with Crippen LogP contribution in [0.1, 0.15) is 18.1 Å². The Labute approximate surface area is 162 Å². The average molecular weight is 401 g/mol. The van der Waals surface area contributed by atoms with Gasteiger partial charge in [0.1, 0.15) is 6.54 Å². The molecule has 0 N–H and O–H groups in total. The summed E-state index contributed by atoms with van der Waals surface area (Å²) in [6.07, 6.45) is 0. The molecule has 1 amide bonds. The molecule has 28 heavy (non-hydrogen) atoms. The largest absolute Gasteiger partial charge is 0.309 e. The molecule has 146 valence electrons. The molecule has 0 aliphatic carbocycles. The van der Waals surface area contributed by atoms with Crippen molar-refractivity contribution in [3.63, 3.8) is 0 Å². The van der Waals surface area contributed by atoms with Crippen molar-refractivity contribution in [3.05, 3.63) is 69.8 Å². The second-order valence-electron chi connectivity index (χ2n) is 6.27. The molecule has 0 aromatic heterocycles. The van der Waals surface area contributed by atoms with Crippen LogP contribution in [-0.4, -0.2) is 49.6 Å². The van der Waals surface area contributed by atoms with Crippen molar-refractivity contribution in [2.75, 3.05) is 29.5 Å². The van der Waals surface area contributed by atoms with Crippen molar-refractivity contribution in [1.82, 2.24) is 0 Å². The number of nitrogens with zero attached hydrogens (tertiary/aromatic N) is 3. The summed E-state index contributed by atoms with van der Waals surface area (Å²) in [4.78, 5) is 29.2. The van der Waals surface area contributed by atoms with Crippen LogP contribution in [0, 0.1) is 10.1 Å². The van der Waals surface area contributed by atoms with E-state index in [-0.39, 0.29) is 36.2 Å². The summed E-state index contributed by atoms with van der Waals surface area (Å²) in [6.45, 7) is 1.35. The van der Waals surface area contributed by atoms with E-state index < -0.39 is 14.8 Å². The topological polar surface area (TPSA) is 110 Å². The number of aliphatic imine (C=N–C) groups is 1. The predicted molar refractivity (Wildman–Crippen MR) is 107 cm³/mol. The van der Waals surface area contributed by atoms with Gasteiger partial charge >= 0.3 is 0 Å². The molecule has 0 bridgehead atoms. The van der Waals surface area contributed by atoms with Gasteiger partial charge in [0, 0.05) is 35.6 Å². The zero-order valence-corrected chi connectivity index (χ0v) is 16.1. The first-order chi connectivity index (χ1) is 13.3. The van der Waals surface area contributed by atoms with E-state index in [0.717, 1.165) is 5.56 Å². The van der Waals surface area contributed by atoms with Crippen LogP contribution < -0.4 is 4.90 Å². The number of benzene rings is 2. The third-order valence-electron chi connectivity index (χ3n) is 4.52. The normalized spacial score (nSPS) is 14.2. The van der Waals surface area contributed by atoms with Crippen molar-refractivity contribution in [2.45, 2.75) is 6.92 Å². The molecule has 0 saturated carbocycles. The molecule has 0 saturated heterocycles. The number of carbonyl (C=O) groups is 1. The number of amides is 1. The zero-order valence-electron chi connectivity index (χ0n) is 15.2. The molecule has 9 heteroatoms. The highest BCUT2D eigenvalue weighted by atomic mass is 32.2. The number of non-ortho nitro benzene ring substituents is 1. The number of hydrogen-bond acceptors (Lipinski definition) is 6. The molecule has 0 radical (unpaired) electrons. The Morgan fingerprint density at radius 2 is 1.89 bits per heavy atom. The van der Waals surface area contributed by atoms with Crippen molar-refractivity contribution < 1.29 is 18.1 Å². The van der Waals surface area contributed by atoms with E-state index in [0.29, 0.717) is 17.0 Å². The minimum atomic E-state index is -3.28. The summed E-state index contributed by atoms with van der Waals surface area (Å²) in [5.41, 5.74) is 1.91. The number of benzodiazepines with no additional fused rings is 1. The Morgan fingerprint density at radius 3 is 2.54 bits per heavy atom. The predicted octanol–water partition coefficient (Wildman–Crippen LogP) is 2.21. The van der Waals surface area contributed by atoms with E-state index in [4.69, 9.17) is 0 Å². The molecule has 3 rings (SSSR count). The number of anilines is 1. The minimum absolute atomic E-state index is 0.0199. The Hall–Kier alpha value is -3.07. The molecule has 2 aromatic carbocycles. The third-order valence-corrected chi connectivity index (χ3v) is 6.21. The van der Waals surface area contributed by atoms with Crippen LogP contribution in [0.25, 0.3) is 0 Å². The highest BCUT2D eigenvalue weighted by Crippen LogP contribution is 2.30. The fourth-order valence-electron chi connectivity index (χ4n) is 2.98.